The molecule has 2 rings (SSSR count). The van der Waals surface area contributed by atoms with Crippen LogP contribution in [0.3, 0.4) is 0 Å². The second-order valence-corrected chi connectivity index (χ2v) is 4.80. The van der Waals surface area contributed by atoms with Crippen molar-refractivity contribution in [1.82, 2.24) is 10.2 Å². The summed E-state index contributed by atoms with van der Waals surface area (Å²) in [4.78, 5) is 24.4. The van der Waals surface area contributed by atoms with E-state index in [1.807, 2.05) is 0 Å². The van der Waals surface area contributed by atoms with E-state index in [0.29, 0.717) is 45.6 Å². The minimum atomic E-state index is -0.796. The molecule has 18 heavy (non-hydrogen) atoms. The zero-order valence-electron chi connectivity index (χ0n) is 10.5. The van der Waals surface area contributed by atoms with E-state index in [9.17, 15) is 9.59 Å². The number of rotatable bonds is 3. The number of carbonyl (C=O) groups is 2. The molecule has 1 aliphatic heterocycles. The van der Waals surface area contributed by atoms with Gasteiger partial charge in [0.05, 0.1) is 13.2 Å². The lowest BCUT2D eigenvalue weighted by atomic mass is 9.91. The maximum atomic E-state index is 12.1. The van der Waals surface area contributed by atoms with E-state index in [1.54, 1.807) is 4.90 Å². The molecule has 2 fully saturated rings. The first-order valence-corrected chi connectivity index (χ1v) is 6.52. The molecule has 6 nitrogen and oxygen atoms in total. The molecule has 0 bridgehead atoms. The predicted octanol–water partition coefficient (Wildman–Crippen LogP) is 0.862. The van der Waals surface area contributed by atoms with E-state index in [4.69, 9.17) is 9.47 Å². The number of amides is 2. The first-order chi connectivity index (χ1) is 8.76. The molecule has 2 amide bonds. The topological polar surface area (TPSA) is 67.9 Å². The van der Waals surface area contributed by atoms with Gasteiger partial charge in [-0.1, -0.05) is 6.42 Å². The van der Waals surface area contributed by atoms with Crippen molar-refractivity contribution in [3.63, 3.8) is 0 Å². The highest BCUT2D eigenvalue weighted by Gasteiger charge is 2.36. The first kappa shape index (κ1) is 13.1. The Labute approximate surface area is 107 Å². The van der Waals surface area contributed by atoms with Crippen LogP contribution in [0.2, 0.25) is 0 Å². The Balaban J connectivity index is 1.94. The Morgan fingerprint density at radius 3 is 2.50 bits per heavy atom. The highest BCUT2D eigenvalue weighted by atomic mass is 16.6. The van der Waals surface area contributed by atoms with Gasteiger partial charge in [0, 0.05) is 25.9 Å². The molecule has 6 heteroatoms. The number of carbonyl (C=O) groups excluding carboxylic acids is 2. The fourth-order valence-electron chi connectivity index (χ4n) is 2.53. The van der Waals surface area contributed by atoms with Crippen molar-refractivity contribution in [2.75, 3.05) is 26.3 Å². The normalized spacial score (nSPS) is 23.2. The summed E-state index contributed by atoms with van der Waals surface area (Å²) in [5.41, 5.74) is -0.796. The monoisotopic (exact) mass is 256 g/mol. The van der Waals surface area contributed by atoms with Crippen molar-refractivity contribution in [2.45, 2.75) is 37.8 Å². The Bertz CT molecular complexity index is 296. The van der Waals surface area contributed by atoms with Crippen LogP contribution in [0.15, 0.2) is 0 Å². The van der Waals surface area contributed by atoms with Gasteiger partial charge in [0.15, 0.2) is 5.72 Å². The van der Waals surface area contributed by atoms with Gasteiger partial charge in [-0.25, -0.2) is 4.79 Å². The molecule has 0 aromatic heterocycles. The van der Waals surface area contributed by atoms with E-state index in [2.05, 4.69) is 5.32 Å². The number of nitrogens with one attached hydrogen (secondary N) is 1. The number of nitrogens with zero attached hydrogens (tertiary/aromatic N) is 1. The van der Waals surface area contributed by atoms with Crippen LogP contribution in [-0.4, -0.2) is 49.4 Å². The highest BCUT2D eigenvalue weighted by molar-refractivity contribution is 5.75. The molecule has 0 spiro atoms. The molecule has 1 saturated carbocycles. The van der Waals surface area contributed by atoms with Gasteiger partial charge in [-0.3, -0.25) is 10.1 Å². The molecular formula is C12H20N2O4. The molecular weight excluding hydrogens is 236 g/mol. The molecule has 1 saturated heterocycles. The lowest BCUT2D eigenvalue weighted by molar-refractivity contribution is -0.150. The summed E-state index contributed by atoms with van der Waals surface area (Å²) < 4.78 is 10.4. The van der Waals surface area contributed by atoms with Gasteiger partial charge in [0.1, 0.15) is 0 Å². The first-order valence-electron chi connectivity index (χ1n) is 6.52. The molecule has 0 radical (unpaired) electrons. The van der Waals surface area contributed by atoms with Crippen LogP contribution in [0, 0.1) is 0 Å². The highest BCUT2D eigenvalue weighted by Crippen LogP contribution is 2.29. The average molecular weight is 256 g/mol. The molecule has 1 aliphatic carbocycles. The molecule has 0 unspecified atom stereocenters. The SMILES string of the molecule is O=COC1(NC(=O)N2CCOCC2)CCCCC1. The van der Waals surface area contributed by atoms with Crippen LogP contribution < -0.4 is 5.32 Å². The van der Waals surface area contributed by atoms with E-state index in [0.717, 1.165) is 19.3 Å². The quantitative estimate of drug-likeness (QED) is 0.600. The zero-order chi connectivity index (χ0) is 12.8. The summed E-state index contributed by atoms with van der Waals surface area (Å²) in [7, 11) is 0. The van der Waals surface area contributed by atoms with Crippen molar-refractivity contribution in [3.8, 4) is 0 Å². The fourth-order valence-corrected chi connectivity index (χ4v) is 2.53. The van der Waals surface area contributed by atoms with E-state index in [1.165, 1.54) is 0 Å². The van der Waals surface area contributed by atoms with Crippen molar-refractivity contribution in [2.24, 2.45) is 0 Å². The molecule has 0 aromatic carbocycles. The smallest absolute Gasteiger partial charge is 0.320 e. The maximum absolute atomic E-state index is 12.1. The van der Waals surface area contributed by atoms with Crippen LogP contribution >= 0.6 is 0 Å². The van der Waals surface area contributed by atoms with Crippen molar-refractivity contribution < 1.29 is 19.1 Å². The average Bonchev–Trinajstić information content (AvgIpc) is 2.41. The Morgan fingerprint density at radius 2 is 1.89 bits per heavy atom. The number of ether oxygens (including phenoxy) is 2. The van der Waals surface area contributed by atoms with Crippen LogP contribution in [0.5, 0.6) is 0 Å². The number of hydrogen-bond donors (Lipinski definition) is 1. The van der Waals surface area contributed by atoms with Crippen molar-refractivity contribution >= 4 is 12.5 Å². The van der Waals surface area contributed by atoms with Gasteiger partial charge in [0.2, 0.25) is 0 Å². The Kier molecular flexibility index (Phi) is 4.41. The van der Waals surface area contributed by atoms with E-state index >= 15 is 0 Å². The van der Waals surface area contributed by atoms with Crippen LogP contribution in [-0.2, 0) is 14.3 Å². The maximum Gasteiger partial charge on any atom is 0.320 e. The van der Waals surface area contributed by atoms with Gasteiger partial charge in [-0.05, 0) is 12.8 Å². The summed E-state index contributed by atoms with van der Waals surface area (Å²) in [5, 5.41) is 2.88. The van der Waals surface area contributed by atoms with Crippen LogP contribution in [0.4, 0.5) is 4.79 Å². The standard InChI is InChI=1S/C12H20N2O4/c15-10-18-12(4-2-1-3-5-12)13-11(16)14-6-8-17-9-7-14/h10H,1-9H2,(H,13,16). The molecule has 0 aromatic rings. The third-order valence-corrected chi connectivity index (χ3v) is 3.57. The van der Waals surface area contributed by atoms with Crippen molar-refractivity contribution in [1.29, 1.82) is 0 Å². The van der Waals surface area contributed by atoms with Gasteiger partial charge < -0.3 is 14.4 Å². The largest absolute Gasteiger partial charge is 0.441 e. The Morgan fingerprint density at radius 1 is 1.22 bits per heavy atom. The third-order valence-electron chi connectivity index (χ3n) is 3.57. The summed E-state index contributed by atoms with van der Waals surface area (Å²) in [5.74, 6) is 0. The minimum Gasteiger partial charge on any atom is -0.441 e. The van der Waals surface area contributed by atoms with E-state index in [-0.39, 0.29) is 6.03 Å². The fraction of sp³-hybridized carbons (Fsp3) is 0.833. The van der Waals surface area contributed by atoms with Gasteiger partial charge in [-0.15, -0.1) is 0 Å². The lowest BCUT2D eigenvalue weighted by Crippen LogP contribution is -2.57. The van der Waals surface area contributed by atoms with E-state index < -0.39 is 5.72 Å². The number of morpholine rings is 1. The summed E-state index contributed by atoms with van der Waals surface area (Å²) in [6.07, 6.45) is 4.45. The van der Waals surface area contributed by atoms with Gasteiger partial charge in [0.25, 0.3) is 6.47 Å². The van der Waals surface area contributed by atoms with Crippen molar-refractivity contribution in [3.05, 3.63) is 0 Å². The van der Waals surface area contributed by atoms with Gasteiger partial charge >= 0.3 is 6.03 Å². The molecule has 1 N–H and O–H groups in total. The molecule has 2 aliphatic rings. The second kappa shape index (κ2) is 6.04. The summed E-state index contributed by atoms with van der Waals surface area (Å²) in [6, 6.07) is -0.165. The summed E-state index contributed by atoms with van der Waals surface area (Å²) in [6.45, 7) is 2.74. The minimum absolute atomic E-state index is 0.165. The molecule has 0 atom stereocenters. The summed E-state index contributed by atoms with van der Waals surface area (Å²) >= 11 is 0. The lowest BCUT2D eigenvalue weighted by Gasteiger charge is -2.38. The predicted molar refractivity (Wildman–Crippen MR) is 63.9 cm³/mol. The number of hydrogen-bond acceptors (Lipinski definition) is 4. The molecule has 102 valence electrons. The number of urea groups is 1. The zero-order valence-corrected chi connectivity index (χ0v) is 10.5. The molecule has 1 heterocycles. The van der Waals surface area contributed by atoms with Crippen LogP contribution in [0.1, 0.15) is 32.1 Å². The Hall–Kier alpha value is -1.30. The third kappa shape index (κ3) is 3.13. The van der Waals surface area contributed by atoms with Crippen LogP contribution in [0.25, 0.3) is 0 Å². The van der Waals surface area contributed by atoms with Gasteiger partial charge in [-0.2, -0.15) is 0 Å². The second-order valence-electron chi connectivity index (χ2n) is 4.80.